The van der Waals surface area contributed by atoms with Gasteiger partial charge in [-0.15, -0.1) is 0 Å². The Kier molecular flexibility index (Phi) is 4.10. The number of hydrogen-bond acceptors (Lipinski definition) is 4. The highest BCUT2D eigenvalue weighted by molar-refractivity contribution is 5.70. The van der Waals surface area contributed by atoms with Crippen LogP contribution in [0.25, 0.3) is 16.9 Å². The number of nitrogens with zero attached hydrogens (tertiary/aromatic N) is 4. The zero-order chi connectivity index (χ0) is 20.0. The van der Waals surface area contributed by atoms with Crippen LogP contribution in [0.3, 0.4) is 0 Å². The second-order valence-corrected chi connectivity index (χ2v) is 5.84. The standard InChI is InChI=1S/C18H10F4N4O2/c1-25-8-23-15-16(25)24-18(28-13-7-10(20)6-12(21)14(13)22)26(17(15)27)11-4-2-9(19)3-5-11/h2-8H,1H3. The van der Waals surface area contributed by atoms with Gasteiger partial charge in [0.15, 0.2) is 22.7 Å². The van der Waals surface area contributed by atoms with Gasteiger partial charge in [-0.2, -0.15) is 9.37 Å². The van der Waals surface area contributed by atoms with Gasteiger partial charge >= 0.3 is 6.01 Å². The summed E-state index contributed by atoms with van der Waals surface area (Å²) in [5.74, 6) is -5.35. The van der Waals surface area contributed by atoms with Gasteiger partial charge in [0.25, 0.3) is 5.56 Å². The summed E-state index contributed by atoms with van der Waals surface area (Å²) in [6.45, 7) is 0. The second-order valence-electron chi connectivity index (χ2n) is 5.84. The van der Waals surface area contributed by atoms with Crippen molar-refractivity contribution >= 4 is 11.2 Å². The third-order valence-electron chi connectivity index (χ3n) is 3.95. The van der Waals surface area contributed by atoms with Crippen molar-refractivity contribution in [2.45, 2.75) is 0 Å². The van der Waals surface area contributed by atoms with Crippen molar-refractivity contribution < 1.29 is 22.3 Å². The number of fused-ring (bicyclic) bond motifs is 1. The van der Waals surface area contributed by atoms with Gasteiger partial charge in [0.1, 0.15) is 11.6 Å². The molecular formula is C18H10F4N4O2. The first kappa shape index (κ1) is 17.7. The average molecular weight is 390 g/mol. The molecule has 4 rings (SSSR count). The van der Waals surface area contributed by atoms with E-state index < -0.39 is 40.6 Å². The van der Waals surface area contributed by atoms with E-state index in [0.29, 0.717) is 12.1 Å². The summed E-state index contributed by atoms with van der Waals surface area (Å²) in [4.78, 5) is 21.0. The molecule has 10 heteroatoms. The van der Waals surface area contributed by atoms with Gasteiger partial charge in [-0.25, -0.2) is 22.7 Å². The Hall–Kier alpha value is -3.69. The maximum Gasteiger partial charge on any atom is 0.311 e. The van der Waals surface area contributed by atoms with Gasteiger partial charge in [0, 0.05) is 19.2 Å². The van der Waals surface area contributed by atoms with Crippen LogP contribution in [0, 0.1) is 23.3 Å². The molecule has 0 aliphatic heterocycles. The van der Waals surface area contributed by atoms with Gasteiger partial charge in [-0.1, -0.05) is 0 Å². The fraction of sp³-hybridized carbons (Fsp3) is 0.0556. The van der Waals surface area contributed by atoms with Crippen LogP contribution in [0.5, 0.6) is 11.8 Å². The molecule has 0 bridgehead atoms. The fourth-order valence-electron chi connectivity index (χ4n) is 2.63. The lowest BCUT2D eigenvalue weighted by Gasteiger charge is -2.13. The molecule has 0 saturated heterocycles. The van der Waals surface area contributed by atoms with Crippen molar-refractivity contribution in [2.24, 2.45) is 7.05 Å². The molecule has 0 fully saturated rings. The Morgan fingerprint density at radius 2 is 1.71 bits per heavy atom. The molecule has 6 nitrogen and oxygen atoms in total. The van der Waals surface area contributed by atoms with E-state index in [4.69, 9.17) is 4.74 Å². The molecule has 2 heterocycles. The van der Waals surface area contributed by atoms with Crippen molar-refractivity contribution in [1.29, 1.82) is 0 Å². The van der Waals surface area contributed by atoms with E-state index in [2.05, 4.69) is 9.97 Å². The molecule has 0 aliphatic rings. The molecule has 0 N–H and O–H groups in total. The van der Waals surface area contributed by atoms with Gasteiger partial charge in [-0.3, -0.25) is 4.79 Å². The van der Waals surface area contributed by atoms with Crippen LogP contribution < -0.4 is 10.3 Å². The molecule has 0 radical (unpaired) electrons. The van der Waals surface area contributed by atoms with Crippen LogP contribution in [-0.4, -0.2) is 19.1 Å². The van der Waals surface area contributed by atoms with Crippen LogP contribution >= 0.6 is 0 Å². The van der Waals surface area contributed by atoms with Crippen molar-refractivity contribution in [2.75, 3.05) is 0 Å². The molecule has 0 atom stereocenters. The van der Waals surface area contributed by atoms with Crippen molar-refractivity contribution in [3.05, 3.63) is 76.3 Å². The summed E-state index contributed by atoms with van der Waals surface area (Å²) in [6, 6.07) is 5.22. The zero-order valence-electron chi connectivity index (χ0n) is 14.2. The third-order valence-corrected chi connectivity index (χ3v) is 3.95. The summed E-state index contributed by atoms with van der Waals surface area (Å²) in [7, 11) is 1.57. The van der Waals surface area contributed by atoms with E-state index >= 15 is 0 Å². The van der Waals surface area contributed by atoms with Crippen LogP contribution in [0.4, 0.5) is 17.6 Å². The first-order chi connectivity index (χ1) is 13.3. The predicted molar refractivity (Wildman–Crippen MR) is 90.5 cm³/mol. The SMILES string of the molecule is Cn1cnc2c(=O)n(-c3ccc(F)cc3)c(Oc3cc(F)cc(F)c3F)nc21. The number of benzene rings is 2. The van der Waals surface area contributed by atoms with Crippen LogP contribution in [0.2, 0.25) is 0 Å². The molecule has 2 aromatic carbocycles. The number of hydrogen-bond donors (Lipinski definition) is 0. The summed E-state index contributed by atoms with van der Waals surface area (Å²) in [5.41, 5.74) is -0.469. The second kappa shape index (κ2) is 6.48. The lowest BCUT2D eigenvalue weighted by Crippen LogP contribution is -2.22. The van der Waals surface area contributed by atoms with Crippen molar-refractivity contribution in [1.82, 2.24) is 19.1 Å². The molecular weight excluding hydrogens is 380 g/mol. The Labute approximate surface area is 154 Å². The van der Waals surface area contributed by atoms with Crippen LogP contribution in [-0.2, 0) is 7.05 Å². The minimum absolute atomic E-state index is 0.0231. The molecule has 142 valence electrons. The quantitative estimate of drug-likeness (QED) is 0.397. The van der Waals surface area contributed by atoms with E-state index in [9.17, 15) is 22.4 Å². The topological polar surface area (TPSA) is 61.9 Å². The van der Waals surface area contributed by atoms with Gasteiger partial charge in [-0.05, 0) is 24.3 Å². The molecule has 28 heavy (non-hydrogen) atoms. The summed E-state index contributed by atoms with van der Waals surface area (Å²) >= 11 is 0. The highest BCUT2D eigenvalue weighted by Gasteiger charge is 2.20. The average Bonchev–Trinajstić information content (AvgIpc) is 3.02. The Bertz CT molecular complexity index is 1270. The molecule has 2 aromatic heterocycles. The Balaban J connectivity index is 1.98. The monoisotopic (exact) mass is 390 g/mol. The largest absolute Gasteiger partial charge is 0.422 e. The first-order valence-electron chi connectivity index (χ1n) is 7.87. The highest BCUT2D eigenvalue weighted by Crippen LogP contribution is 2.28. The predicted octanol–water partition coefficient (Wildman–Crippen LogP) is 3.47. The first-order valence-corrected chi connectivity index (χ1v) is 7.87. The number of ether oxygens (including phenoxy) is 1. The molecule has 0 saturated carbocycles. The highest BCUT2D eigenvalue weighted by atomic mass is 19.2. The summed E-state index contributed by atoms with van der Waals surface area (Å²) in [6.07, 6.45) is 1.33. The normalized spacial score (nSPS) is 11.2. The van der Waals surface area contributed by atoms with Gasteiger partial charge < -0.3 is 9.30 Å². The number of aromatic nitrogens is 4. The van der Waals surface area contributed by atoms with E-state index in [1.54, 1.807) is 7.05 Å². The smallest absolute Gasteiger partial charge is 0.311 e. The van der Waals surface area contributed by atoms with Crippen molar-refractivity contribution in [3.8, 4) is 17.4 Å². The van der Waals surface area contributed by atoms with E-state index in [0.717, 1.165) is 16.7 Å². The molecule has 4 aromatic rings. The zero-order valence-corrected chi connectivity index (χ0v) is 14.2. The number of rotatable bonds is 3. The van der Waals surface area contributed by atoms with E-state index in [-0.39, 0.29) is 16.9 Å². The van der Waals surface area contributed by atoms with Crippen LogP contribution in [0.1, 0.15) is 0 Å². The van der Waals surface area contributed by atoms with E-state index in [1.807, 2.05) is 0 Å². The third kappa shape index (κ3) is 2.88. The number of imidazole rings is 1. The maximum atomic E-state index is 14.0. The Morgan fingerprint density at radius 1 is 1.00 bits per heavy atom. The van der Waals surface area contributed by atoms with Crippen molar-refractivity contribution in [3.63, 3.8) is 0 Å². The van der Waals surface area contributed by atoms with Gasteiger partial charge in [0.2, 0.25) is 5.82 Å². The Morgan fingerprint density at radius 3 is 2.43 bits per heavy atom. The van der Waals surface area contributed by atoms with E-state index in [1.165, 1.54) is 23.0 Å². The fourth-order valence-corrected chi connectivity index (χ4v) is 2.63. The minimum Gasteiger partial charge on any atom is -0.422 e. The molecule has 0 aliphatic carbocycles. The summed E-state index contributed by atoms with van der Waals surface area (Å²) < 4.78 is 61.9. The summed E-state index contributed by atoms with van der Waals surface area (Å²) in [5, 5.41) is 0. The van der Waals surface area contributed by atoms with Crippen LogP contribution in [0.15, 0.2) is 47.5 Å². The lowest BCUT2D eigenvalue weighted by atomic mass is 10.3. The maximum absolute atomic E-state index is 14.0. The molecule has 0 unspecified atom stereocenters. The molecule has 0 amide bonds. The number of aryl methyl sites for hydroxylation is 1. The molecule has 0 spiro atoms. The lowest BCUT2D eigenvalue weighted by molar-refractivity contribution is 0.378. The minimum atomic E-state index is -1.47. The number of halogens is 4. The van der Waals surface area contributed by atoms with Gasteiger partial charge in [0.05, 0.1) is 12.0 Å².